The normalized spacial score (nSPS) is 33.2. The fourth-order valence-corrected chi connectivity index (χ4v) is 7.58. The van der Waals surface area contributed by atoms with Gasteiger partial charge in [-0.15, -0.1) is 0 Å². The van der Waals surface area contributed by atoms with Crippen LogP contribution in [-0.4, -0.2) is 30.2 Å². The first-order valence-corrected chi connectivity index (χ1v) is 12.4. The first-order chi connectivity index (χ1) is 14.9. The Morgan fingerprint density at radius 1 is 1.03 bits per heavy atom. The van der Waals surface area contributed by atoms with Gasteiger partial charge in [-0.2, -0.15) is 0 Å². The maximum Gasteiger partial charge on any atom is 0.258 e. The van der Waals surface area contributed by atoms with Crippen LogP contribution in [0.1, 0.15) is 85.6 Å². The average molecular weight is 443 g/mol. The fourth-order valence-electron chi connectivity index (χ4n) is 7.58. The van der Waals surface area contributed by atoms with E-state index in [4.69, 9.17) is 9.47 Å². The van der Waals surface area contributed by atoms with Crippen LogP contribution in [0.2, 0.25) is 0 Å². The highest BCUT2D eigenvalue weighted by Gasteiger charge is 2.59. The van der Waals surface area contributed by atoms with Crippen molar-refractivity contribution in [1.82, 2.24) is 10.6 Å². The summed E-state index contributed by atoms with van der Waals surface area (Å²) in [7, 11) is 0. The summed E-state index contributed by atoms with van der Waals surface area (Å²) in [6.45, 7) is 14.3. The number of ether oxygens (including phenoxy) is 2. The minimum atomic E-state index is -0.274. The number of hydrogen-bond acceptors (Lipinski definition) is 4. The van der Waals surface area contributed by atoms with Crippen LogP contribution >= 0.6 is 0 Å². The molecule has 5 heteroatoms. The molecule has 4 aliphatic rings. The zero-order valence-corrected chi connectivity index (χ0v) is 20.9. The van der Waals surface area contributed by atoms with Crippen LogP contribution in [0.15, 0.2) is 18.2 Å². The minimum absolute atomic E-state index is 0.0173. The molecule has 2 N–H and O–H groups in total. The zero-order valence-electron chi connectivity index (χ0n) is 20.9. The molecule has 4 aliphatic carbocycles. The third-order valence-electron chi connectivity index (χ3n) is 7.47. The summed E-state index contributed by atoms with van der Waals surface area (Å²) in [5.41, 5.74) is 2.20. The Labute approximate surface area is 194 Å². The second-order valence-corrected chi connectivity index (χ2v) is 12.6. The van der Waals surface area contributed by atoms with Crippen molar-refractivity contribution in [1.29, 1.82) is 0 Å². The van der Waals surface area contributed by atoms with Gasteiger partial charge >= 0.3 is 0 Å². The number of rotatable bonds is 8. The lowest BCUT2D eigenvalue weighted by molar-refractivity contribution is -0.124. The third-order valence-corrected chi connectivity index (χ3v) is 7.47. The Morgan fingerprint density at radius 2 is 1.72 bits per heavy atom. The molecule has 32 heavy (non-hydrogen) atoms. The lowest BCUT2D eigenvalue weighted by Gasteiger charge is -2.65. The smallest absolute Gasteiger partial charge is 0.258 e. The van der Waals surface area contributed by atoms with Crippen LogP contribution in [0.4, 0.5) is 0 Å². The number of hydrogen-bond donors (Lipinski definition) is 2. The van der Waals surface area contributed by atoms with Gasteiger partial charge in [-0.1, -0.05) is 19.9 Å². The molecule has 1 aromatic carbocycles. The van der Waals surface area contributed by atoms with Crippen LogP contribution in [0.5, 0.6) is 11.5 Å². The molecule has 5 nitrogen and oxygen atoms in total. The predicted octanol–water partition coefficient (Wildman–Crippen LogP) is 5.22. The zero-order chi connectivity index (χ0) is 23.2. The van der Waals surface area contributed by atoms with E-state index in [0.717, 1.165) is 12.5 Å². The van der Waals surface area contributed by atoms with Gasteiger partial charge in [0.15, 0.2) is 18.1 Å². The summed E-state index contributed by atoms with van der Waals surface area (Å²) in [6, 6.07) is 6.10. The largest absolute Gasteiger partial charge is 0.490 e. The first kappa shape index (κ1) is 23.4. The Kier molecular flexibility index (Phi) is 6.02. The fraction of sp³-hybridized carbons (Fsp3) is 0.741. The molecule has 4 saturated carbocycles. The molecule has 0 saturated heterocycles. The summed E-state index contributed by atoms with van der Waals surface area (Å²) >= 11 is 0. The number of nitrogens with one attached hydrogen (secondary N) is 2. The van der Waals surface area contributed by atoms with Crippen molar-refractivity contribution in [2.45, 2.75) is 97.7 Å². The van der Waals surface area contributed by atoms with Gasteiger partial charge < -0.3 is 20.1 Å². The van der Waals surface area contributed by atoms with Crippen molar-refractivity contribution >= 4 is 5.91 Å². The van der Waals surface area contributed by atoms with E-state index >= 15 is 0 Å². The molecule has 178 valence electrons. The van der Waals surface area contributed by atoms with Gasteiger partial charge in [-0.05, 0) is 101 Å². The van der Waals surface area contributed by atoms with Crippen molar-refractivity contribution < 1.29 is 14.3 Å². The van der Waals surface area contributed by atoms with E-state index in [1.54, 1.807) is 0 Å². The minimum Gasteiger partial charge on any atom is -0.490 e. The quantitative estimate of drug-likeness (QED) is 0.580. The summed E-state index contributed by atoms with van der Waals surface area (Å²) in [4.78, 5) is 12.1. The molecule has 0 radical (unpaired) electrons. The van der Waals surface area contributed by atoms with E-state index in [2.05, 4.69) is 36.6 Å². The van der Waals surface area contributed by atoms with Crippen LogP contribution in [0, 0.1) is 16.7 Å². The van der Waals surface area contributed by atoms with Crippen LogP contribution in [0.3, 0.4) is 0 Å². The molecule has 0 aromatic heterocycles. The molecule has 1 aromatic rings. The van der Waals surface area contributed by atoms with Gasteiger partial charge in [-0.3, -0.25) is 4.79 Å². The highest BCUT2D eigenvalue weighted by molar-refractivity contribution is 5.78. The first-order valence-electron chi connectivity index (χ1n) is 12.4. The SMILES string of the molecule is CCOc1cc(CNC23CC4CC(C)(CC(C)(C4)C2)C3)ccc1OCC(=O)NC(C)(C)C. The third kappa shape index (κ3) is 5.24. The van der Waals surface area contributed by atoms with Gasteiger partial charge in [0.1, 0.15) is 0 Å². The summed E-state index contributed by atoms with van der Waals surface area (Å²) in [5, 5.41) is 6.93. The van der Waals surface area contributed by atoms with Crippen molar-refractivity contribution in [2.24, 2.45) is 16.7 Å². The maximum absolute atomic E-state index is 12.1. The van der Waals surface area contributed by atoms with Crippen molar-refractivity contribution in [3.05, 3.63) is 23.8 Å². The van der Waals surface area contributed by atoms with Crippen molar-refractivity contribution in [3.63, 3.8) is 0 Å². The maximum atomic E-state index is 12.1. The van der Waals surface area contributed by atoms with Crippen LogP contribution in [0.25, 0.3) is 0 Å². The summed E-state index contributed by atoms with van der Waals surface area (Å²) in [5.74, 6) is 2.08. The van der Waals surface area contributed by atoms with Gasteiger partial charge in [0.25, 0.3) is 5.91 Å². The number of carbonyl (C=O) groups excluding carboxylic acids is 1. The molecular weight excluding hydrogens is 400 g/mol. The standard InChI is InChI=1S/C27H42N2O3/c1-7-31-22-10-19(8-9-21(22)32-15-23(30)29-24(2,3)4)14-28-27-13-20-11-25(5,17-27)16-26(6,12-20)18-27/h8-10,20,28H,7,11-18H2,1-6H3,(H,29,30). The Morgan fingerprint density at radius 3 is 2.31 bits per heavy atom. The summed E-state index contributed by atoms with van der Waals surface area (Å²) < 4.78 is 11.7. The van der Waals surface area contributed by atoms with E-state index in [9.17, 15) is 4.79 Å². The number of carbonyl (C=O) groups is 1. The van der Waals surface area contributed by atoms with Gasteiger partial charge in [0.05, 0.1) is 6.61 Å². The second-order valence-electron chi connectivity index (χ2n) is 12.6. The lowest BCUT2D eigenvalue weighted by Crippen LogP contribution is -2.63. The molecule has 1 amide bonds. The summed E-state index contributed by atoms with van der Waals surface area (Å²) in [6.07, 6.45) is 8.14. The van der Waals surface area contributed by atoms with Crippen molar-refractivity contribution in [3.8, 4) is 11.5 Å². The molecule has 4 bridgehead atoms. The van der Waals surface area contributed by atoms with Crippen LogP contribution in [-0.2, 0) is 11.3 Å². The van der Waals surface area contributed by atoms with Crippen molar-refractivity contribution in [2.75, 3.05) is 13.2 Å². The Hall–Kier alpha value is -1.75. The highest BCUT2D eigenvalue weighted by atomic mass is 16.5. The number of benzene rings is 1. The second kappa shape index (κ2) is 8.23. The van der Waals surface area contributed by atoms with E-state index in [1.165, 1.54) is 44.1 Å². The molecule has 2 atom stereocenters. The van der Waals surface area contributed by atoms with Gasteiger partial charge in [-0.25, -0.2) is 0 Å². The van der Waals surface area contributed by atoms with Gasteiger partial charge in [0, 0.05) is 17.6 Å². The predicted molar refractivity (Wildman–Crippen MR) is 128 cm³/mol. The monoisotopic (exact) mass is 442 g/mol. The Balaban J connectivity index is 1.41. The molecule has 0 heterocycles. The molecule has 0 spiro atoms. The van der Waals surface area contributed by atoms with E-state index < -0.39 is 0 Å². The number of amides is 1. The van der Waals surface area contributed by atoms with E-state index in [-0.39, 0.29) is 23.6 Å². The average Bonchev–Trinajstić information content (AvgIpc) is 2.61. The lowest BCUT2D eigenvalue weighted by atomic mass is 9.43. The van der Waals surface area contributed by atoms with Crippen LogP contribution < -0.4 is 20.1 Å². The highest BCUT2D eigenvalue weighted by Crippen LogP contribution is 2.66. The molecule has 2 unspecified atom stereocenters. The molecule has 0 aliphatic heterocycles. The van der Waals surface area contributed by atoms with E-state index in [1.807, 2.05) is 33.8 Å². The van der Waals surface area contributed by atoms with E-state index in [0.29, 0.717) is 28.9 Å². The Bertz CT molecular complexity index is 841. The van der Waals surface area contributed by atoms with Gasteiger partial charge in [0.2, 0.25) is 0 Å². The topological polar surface area (TPSA) is 59.6 Å². The molecule has 4 fully saturated rings. The molecule has 5 rings (SSSR count). The molecular formula is C27H42N2O3.